The quantitative estimate of drug-likeness (QED) is 0.358. The number of Topliss-reactive ketones (excluding diaryl/α,β-unsaturated/α-hetero) is 1. The first-order valence-electron chi connectivity index (χ1n) is 6.24. The monoisotopic (exact) mass is 324 g/mol. The average molecular weight is 323 g/mol. The van der Waals surface area contributed by atoms with E-state index in [1.54, 1.807) is 0 Å². The molecule has 4 heteroatoms. The molecule has 1 atom stereocenters. The Labute approximate surface area is 119 Å². The van der Waals surface area contributed by atoms with Gasteiger partial charge in [0.1, 0.15) is 0 Å². The van der Waals surface area contributed by atoms with E-state index in [9.17, 15) is 9.59 Å². The minimum absolute atomic E-state index is 0.0328. The van der Waals surface area contributed by atoms with Crippen molar-refractivity contribution in [2.45, 2.75) is 23.6 Å². The van der Waals surface area contributed by atoms with Crippen LogP contribution in [0.5, 0.6) is 0 Å². The molecule has 0 bridgehead atoms. The third-order valence-electron chi connectivity index (χ3n) is 3.08. The minimum atomic E-state index is -0.919. The van der Waals surface area contributed by atoms with E-state index in [1.807, 2.05) is 30.3 Å². The van der Waals surface area contributed by atoms with Gasteiger partial charge in [-0.3, -0.25) is 0 Å². The van der Waals surface area contributed by atoms with Gasteiger partial charge in [-0.25, -0.2) is 0 Å². The van der Waals surface area contributed by atoms with Crippen molar-refractivity contribution < 1.29 is 14.3 Å². The molecule has 0 aliphatic heterocycles. The average Bonchev–Trinajstić information content (AvgIpc) is 2.79. The fraction of sp³-hybridized carbons (Fsp3) is 0.333. The van der Waals surface area contributed by atoms with Crippen molar-refractivity contribution in [3.63, 3.8) is 0 Å². The van der Waals surface area contributed by atoms with Crippen LogP contribution in [0, 0.1) is 0 Å². The van der Waals surface area contributed by atoms with E-state index in [-0.39, 0.29) is 33.3 Å². The molecule has 0 amide bonds. The Morgan fingerprint density at radius 3 is 2.74 bits per heavy atom. The molecule has 0 spiro atoms. The number of rotatable bonds is 5. The van der Waals surface area contributed by atoms with Gasteiger partial charge < -0.3 is 0 Å². The molecule has 0 saturated heterocycles. The number of benzene rings is 1. The Bertz CT molecular complexity index is 483. The second-order valence-electron chi connectivity index (χ2n) is 4.41. The standard InChI is InChI=1S/C15H16O3Se/c1-2-11-18-14(17)15(10-6-9-13(15)16)19-12-7-4-3-5-8-12/h2-5,7-8H,1,6,9-11H2. The molecule has 0 aromatic heterocycles. The topological polar surface area (TPSA) is 43.4 Å². The van der Waals surface area contributed by atoms with Crippen molar-refractivity contribution in [1.29, 1.82) is 0 Å². The van der Waals surface area contributed by atoms with Gasteiger partial charge in [0.15, 0.2) is 0 Å². The summed E-state index contributed by atoms with van der Waals surface area (Å²) in [7, 11) is 0. The van der Waals surface area contributed by atoms with Crippen LogP contribution in [0.2, 0.25) is 4.31 Å². The van der Waals surface area contributed by atoms with Crippen LogP contribution >= 0.6 is 0 Å². The van der Waals surface area contributed by atoms with Crippen LogP contribution in [0.4, 0.5) is 0 Å². The van der Waals surface area contributed by atoms with Crippen LogP contribution in [-0.2, 0) is 14.3 Å². The Kier molecular flexibility index (Phi) is 4.56. The molecule has 1 unspecified atom stereocenters. The third-order valence-corrected chi connectivity index (χ3v) is 6.13. The molecule has 1 aliphatic carbocycles. The fourth-order valence-corrected chi connectivity index (χ4v) is 4.87. The van der Waals surface area contributed by atoms with Crippen LogP contribution in [0.3, 0.4) is 0 Å². The normalized spacial score (nSPS) is 22.2. The zero-order chi connectivity index (χ0) is 13.7. The van der Waals surface area contributed by atoms with Gasteiger partial charge in [0.25, 0.3) is 0 Å². The molecule has 0 N–H and O–H groups in total. The second-order valence-corrected chi connectivity index (χ2v) is 7.29. The van der Waals surface area contributed by atoms with E-state index < -0.39 is 4.31 Å². The molecule has 1 aromatic carbocycles. The third kappa shape index (κ3) is 2.96. The van der Waals surface area contributed by atoms with E-state index in [1.165, 1.54) is 6.08 Å². The molecule has 1 aliphatic rings. The number of carbonyl (C=O) groups excluding carboxylic acids is 2. The first-order valence-corrected chi connectivity index (χ1v) is 7.96. The van der Waals surface area contributed by atoms with Gasteiger partial charge in [-0.2, -0.15) is 0 Å². The van der Waals surface area contributed by atoms with Gasteiger partial charge in [-0.15, -0.1) is 0 Å². The number of ketones is 1. The molecule has 1 fully saturated rings. The van der Waals surface area contributed by atoms with Crippen molar-refractivity contribution in [2.75, 3.05) is 6.61 Å². The van der Waals surface area contributed by atoms with Crippen LogP contribution < -0.4 is 4.46 Å². The van der Waals surface area contributed by atoms with E-state index in [0.717, 1.165) is 10.9 Å². The summed E-state index contributed by atoms with van der Waals surface area (Å²) in [6.45, 7) is 3.69. The maximum absolute atomic E-state index is 12.3. The number of ether oxygens (including phenoxy) is 1. The summed E-state index contributed by atoms with van der Waals surface area (Å²) in [5.41, 5.74) is 0. The summed E-state index contributed by atoms with van der Waals surface area (Å²) in [5.74, 6) is -0.343. The van der Waals surface area contributed by atoms with E-state index in [2.05, 4.69) is 6.58 Å². The number of esters is 1. The zero-order valence-corrected chi connectivity index (χ0v) is 12.3. The second kappa shape index (κ2) is 6.18. The molecule has 3 nitrogen and oxygen atoms in total. The van der Waals surface area contributed by atoms with Gasteiger partial charge in [-0.05, 0) is 0 Å². The summed E-state index contributed by atoms with van der Waals surface area (Å²) >= 11 is -0.222. The molecule has 2 rings (SSSR count). The van der Waals surface area contributed by atoms with Crippen molar-refractivity contribution in [1.82, 2.24) is 0 Å². The Morgan fingerprint density at radius 2 is 2.16 bits per heavy atom. The fourth-order valence-electron chi connectivity index (χ4n) is 2.15. The molecule has 0 radical (unpaired) electrons. The van der Waals surface area contributed by atoms with E-state index >= 15 is 0 Å². The zero-order valence-electron chi connectivity index (χ0n) is 10.6. The summed E-state index contributed by atoms with van der Waals surface area (Å²) < 4.78 is 5.30. The van der Waals surface area contributed by atoms with Gasteiger partial charge in [0, 0.05) is 0 Å². The molecule has 0 heterocycles. The molecular weight excluding hydrogens is 307 g/mol. The van der Waals surface area contributed by atoms with Crippen LogP contribution in [-0.4, -0.2) is 33.3 Å². The Morgan fingerprint density at radius 1 is 1.42 bits per heavy atom. The predicted molar refractivity (Wildman–Crippen MR) is 74.5 cm³/mol. The van der Waals surface area contributed by atoms with Crippen molar-refractivity contribution in [2.24, 2.45) is 0 Å². The Balaban J connectivity index is 2.23. The first-order chi connectivity index (χ1) is 9.19. The molecule has 100 valence electrons. The van der Waals surface area contributed by atoms with Crippen LogP contribution in [0.15, 0.2) is 43.0 Å². The molecular formula is C15H16O3Se. The van der Waals surface area contributed by atoms with Crippen LogP contribution in [0.25, 0.3) is 0 Å². The number of carbonyl (C=O) groups is 2. The van der Waals surface area contributed by atoms with E-state index in [0.29, 0.717) is 12.8 Å². The molecule has 1 aromatic rings. The summed E-state index contributed by atoms with van der Waals surface area (Å²) in [4.78, 5) is 24.5. The van der Waals surface area contributed by atoms with Gasteiger partial charge in [0.05, 0.1) is 0 Å². The number of hydrogen-bond acceptors (Lipinski definition) is 3. The van der Waals surface area contributed by atoms with E-state index in [4.69, 9.17) is 4.74 Å². The first kappa shape index (κ1) is 14.0. The SMILES string of the molecule is C=CCOC(=O)C1([Se]c2ccccc2)CCCC1=O. The summed E-state index contributed by atoms with van der Waals surface area (Å²) in [5, 5.41) is 0. The molecule has 1 saturated carbocycles. The number of hydrogen-bond donors (Lipinski definition) is 0. The van der Waals surface area contributed by atoms with Crippen molar-refractivity contribution in [3.05, 3.63) is 43.0 Å². The van der Waals surface area contributed by atoms with Crippen LogP contribution in [0.1, 0.15) is 19.3 Å². The van der Waals surface area contributed by atoms with Gasteiger partial charge in [-0.1, -0.05) is 0 Å². The summed E-state index contributed by atoms with van der Waals surface area (Å²) in [6, 6.07) is 9.72. The molecule has 19 heavy (non-hydrogen) atoms. The summed E-state index contributed by atoms with van der Waals surface area (Å²) in [6.07, 6.45) is 3.39. The van der Waals surface area contributed by atoms with Crippen molar-refractivity contribution >= 4 is 31.2 Å². The van der Waals surface area contributed by atoms with Crippen molar-refractivity contribution in [3.8, 4) is 0 Å². The maximum atomic E-state index is 12.3. The van der Waals surface area contributed by atoms with Gasteiger partial charge >= 0.3 is 119 Å². The Hall–Kier alpha value is -1.38. The van der Waals surface area contributed by atoms with Gasteiger partial charge in [0.2, 0.25) is 0 Å². The predicted octanol–water partition coefficient (Wildman–Crippen LogP) is 1.66.